The minimum absolute atomic E-state index is 0.363. The predicted octanol–water partition coefficient (Wildman–Crippen LogP) is 2.06. The maximum atomic E-state index is 8.71. The Balaban J connectivity index is 2.50. The van der Waals surface area contributed by atoms with Gasteiger partial charge in [-0.15, -0.1) is 0 Å². The number of hydrogen-bond acceptors (Lipinski definition) is 4. The summed E-state index contributed by atoms with van der Waals surface area (Å²) in [6, 6.07) is 5.34. The monoisotopic (exact) mass is 216 g/mol. The molecule has 0 aliphatic rings. The molecule has 0 unspecified atom stereocenters. The highest BCUT2D eigenvalue weighted by molar-refractivity contribution is 6.29. The fraction of sp³-hybridized carbons (Fsp3) is 0. The molecule has 2 aromatic heterocycles. The standard InChI is InChI=1S/C10H5ClN4/c11-10-2-9(14-6-15-10)8-1-7(3-12)4-13-5-8/h1-2,4-6H. The van der Waals surface area contributed by atoms with Crippen molar-refractivity contribution in [3.63, 3.8) is 0 Å². The number of halogens is 1. The Labute approximate surface area is 91.2 Å². The number of nitrogens with zero attached hydrogens (tertiary/aromatic N) is 4. The van der Waals surface area contributed by atoms with E-state index < -0.39 is 0 Å². The summed E-state index contributed by atoms with van der Waals surface area (Å²) in [6.07, 6.45) is 4.49. The Morgan fingerprint density at radius 1 is 1.20 bits per heavy atom. The molecular weight excluding hydrogens is 212 g/mol. The molecule has 0 amide bonds. The van der Waals surface area contributed by atoms with E-state index in [1.54, 1.807) is 18.3 Å². The van der Waals surface area contributed by atoms with Gasteiger partial charge in [0.1, 0.15) is 17.5 Å². The number of hydrogen-bond donors (Lipinski definition) is 0. The van der Waals surface area contributed by atoms with Gasteiger partial charge in [0.25, 0.3) is 0 Å². The average molecular weight is 217 g/mol. The van der Waals surface area contributed by atoms with Gasteiger partial charge in [-0.3, -0.25) is 4.98 Å². The molecule has 0 spiro atoms. The van der Waals surface area contributed by atoms with Gasteiger partial charge in [-0.2, -0.15) is 5.26 Å². The Hall–Kier alpha value is -1.99. The second-order valence-electron chi connectivity index (χ2n) is 2.80. The van der Waals surface area contributed by atoms with Crippen molar-refractivity contribution >= 4 is 11.6 Å². The van der Waals surface area contributed by atoms with Gasteiger partial charge in [0.05, 0.1) is 11.3 Å². The van der Waals surface area contributed by atoms with Crippen LogP contribution in [0.25, 0.3) is 11.3 Å². The summed E-state index contributed by atoms with van der Waals surface area (Å²) in [6.45, 7) is 0. The lowest BCUT2D eigenvalue weighted by molar-refractivity contribution is 1.16. The van der Waals surface area contributed by atoms with Crippen molar-refractivity contribution in [2.24, 2.45) is 0 Å². The molecule has 0 radical (unpaired) electrons. The van der Waals surface area contributed by atoms with Crippen molar-refractivity contribution in [1.82, 2.24) is 15.0 Å². The molecule has 4 nitrogen and oxygen atoms in total. The van der Waals surface area contributed by atoms with Crippen molar-refractivity contribution in [2.75, 3.05) is 0 Å². The van der Waals surface area contributed by atoms with Crippen molar-refractivity contribution in [1.29, 1.82) is 5.26 Å². The van der Waals surface area contributed by atoms with E-state index in [-0.39, 0.29) is 0 Å². The summed E-state index contributed by atoms with van der Waals surface area (Å²) in [5.74, 6) is 0. The number of nitriles is 1. The number of aromatic nitrogens is 3. The number of rotatable bonds is 1. The van der Waals surface area contributed by atoms with Gasteiger partial charge in [0, 0.05) is 24.0 Å². The van der Waals surface area contributed by atoms with Gasteiger partial charge in [0.2, 0.25) is 0 Å². The van der Waals surface area contributed by atoms with Crippen LogP contribution in [0.2, 0.25) is 5.15 Å². The van der Waals surface area contributed by atoms with Crippen LogP contribution in [0, 0.1) is 11.3 Å². The lowest BCUT2D eigenvalue weighted by Gasteiger charge is -1.99. The maximum Gasteiger partial charge on any atom is 0.133 e. The van der Waals surface area contributed by atoms with Gasteiger partial charge in [-0.05, 0) is 6.07 Å². The molecule has 0 atom stereocenters. The quantitative estimate of drug-likeness (QED) is 0.685. The first kappa shape index (κ1) is 9.56. The lowest BCUT2D eigenvalue weighted by Crippen LogP contribution is -1.87. The molecular formula is C10H5ClN4. The van der Waals surface area contributed by atoms with Crippen LogP contribution >= 0.6 is 11.6 Å². The smallest absolute Gasteiger partial charge is 0.133 e. The average Bonchev–Trinajstić information content (AvgIpc) is 2.29. The van der Waals surface area contributed by atoms with Crippen molar-refractivity contribution in [3.05, 3.63) is 41.6 Å². The van der Waals surface area contributed by atoms with Crippen LogP contribution < -0.4 is 0 Å². The zero-order chi connectivity index (χ0) is 10.7. The third-order valence-corrected chi connectivity index (χ3v) is 2.00. The van der Waals surface area contributed by atoms with Crippen LogP contribution in [0.4, 0.5) is 0 Å². The van der Waals surface area contributed by atoms with E-state index in [2.05, 4.69) is 15.0 Å². The van der Waals surface area contributed by atoms with Gasteiger partial charge < -0.3 is 0 Å². The summed E-state index contributed by atoms with van der Waals surface area (Å²) in [5, 5.41) is 9.08. The van der Waals surface area contributed by atoms with Crippen molar-refractivity contribution in [2.45, 2.75) is 0 Å². The Morgan fingerprint density at radius 3 is 2.80 bits per heavy atom. The summed E-state index contributed by atoms with van der Waals surface area (Å²) in [5.41, 5.74) is 1.89. The Bertz CT molecular complexity index is 533. The summed E-state index contributed by atoms with van der Waals surface area (Å²) in [4.78, 5) is 11.8. The Morgan fingerprint density at radius 2 is 2.07 bits per heavy atom. The first-order valence-corrected chi connectivity index (χ1v) is 4.50. The highest BCUT2D eigenvalue weighted by Crippen LogP contribution is 2.18. The first-order valence-electron chi connectivity index (χ1n) is 4.12. The van der Waals surface area contributed by atoms with E-state index in [0.29, 0.717) is 16.4 Å². The molecule has 2 heterocycles. The molecule has 0 bridgehead atoms. The second kappa shape index (κ2) is 4.03. The zero-order valence-corrected chi connectivity index (χ0v) is 8.31. The molecule has 5 heteroatoms. The molecule has 2 rings (SSSR count). The number of pyridine rings is 1. The highest BCUT2D eigenvalue weighted by atomic mass is 35.5. The molecule has 72 valence electrons. The summed E-state index contributed by atoms with van der Waals surface area (Å²) < 4.78 is 0. The Kier molecular flexibility index (Phi) is 2.57. The maximum absolute atomic E-state index is 8.71. The van der Waals surface area contributed by atoms with Crippen LogP contribution in [0.3, 0.4) is 0 Å². The van der Waals surface area contributed by atoms with Gasteiger partial charge >= 0.3 is 0 Å². The fourth-order valence-corrected chi connectivity index (χ4v) is 1.28. The van der Waals surface area contributed by atoms with E-state index in [1.165, 1.54) is 12.5 Å². The van der Waals surface area contributed by atoms with Crippen LogP contribution in [0.15, 0.2) is 30.9 Å². The van der Waals surface area contributed by atoms with E-state index in [1.807, 2.05) is 6.07 Å². The molecule has 0 fully saturated rings. The molecule has 15 heavy (non-hydrogen) atoms. The van der Waals surface area contributed by atoms with Crippen LogP contribution in [0.5, 0.6) is 0 Å². The largest absolute Gasteiger partial charge is 0.263 e. The fourth-order valence-electron chi connectivity index (χ4n) is 1.13. The van der Waals surface area contributed by atoms with Gasteiger partial charge in [-0.25, -0.2) is 9.97 Å². The van der Waals surface area contributed by atoms with E-state index in [4.69, 9.17) is 16.9 Å². The highest BCUT2D eigenvalue weighted by Gasteiger charge is 2.02. The van der Waals surface area contributed by atoms with Crippen molar-refractivity contribution in [3.8, 4) is 17.3 Å². The SMILES string of the molecule is N#Cc1cncc(-c2cc(Cl)ncn2)c1. The topological polar surface area (TPSA) is 62.5 Å². The van der Waals surface area contributed by atoms with Gasteiger partial charge in [0.15, 0.2) is 0 Å². The molecule has 0 N–H and O–H groups in total. The van der Waals surface area contributed by atoms with Crippen LogP contribution in [0.1, 0.15) is 5.56 Å². The van der Waals surface area contributed by atoms with E-state index >= 15 is 0 Å². The molecule has 0 saturated heterocycles. The predicted molar refractivity (Wildman–Crippen MR) is 55.0 cm³/mol. The molecule has 0 saturated carbocycles. The molecule has 0 aliphatic heterocycles. The lowest BCUT2D eigenvalue weighted by atomic mass is 10.1. The molecule has 0 aliphatic carbocycles. The third kappa shape index (κ3) is 2.09. The third-order valence-electron chi connectivity index (χ3n) is 1.80. The first-order chi connectivity index (χ1) is 7.29. The zero-order valence-electron chi connectivity index (χ0n) is 7.55. The van der Waals surface area contributed by atoms with Crippen LogP contribution in [-0.2, 0) is 0 Å². The van der Waals surface area contributed by atoms with Gasteiger partial charge in [-0.1, -0.05) is 11.6 Å². The van der Waals surface area contributed by atoms with E-state index in [0.717, 1.165) is 5.56 Å². The van der Waals surface area contributed by atoms with E-state index in [9.17, 15) is 0 Å². The normalized spacial score (nSPS) is 9.60. The minimum Gasteiger partial charge on any atom is -0.263 e. The second-order valence-corrected chi connectivity index (χ2v) is 3.19. The molecule has 2 aromatic rings. The molecule has 0 aromatic carbocycles. The van der Waals surface area contributed by atoms with Crippen molar-refractivity contribution < 1.29 is 0 Å². The van der Waals surface area contributed by atoms with Crippen LogP contribution in [-0.4, -0.2) is 15.0 Å². The summed E-state index contributed by atoms with van der Waals surface area (Å²) in [7, 11) is 0. The summed E-state index contributed by atoms with van der Waals surface area (Å²) >= 11 is 5.73. The minimum atomic E-state index is 0.363.